The summed E-state index contributed by atoms with van der Waals surface area (Å²) >= 11 is 0. The zero-order valence-electron chi connectivity index (χ0n) is 11.5. The van der Waals surface area contributed by atoms with E-state index in [1.165, 1.54) is 0 Å². The Morgan fingerprint density at radius 3 is 2.15 bits per heavy atom. The van der Waals surface area contributed by atoms with Gasteiger partial charge in [0.05, 0.1) is 26.2 Å². The zero-order valence-corrected chi connectivity index (χ0v) is 11.5. The lowest BCUT2D eigenvalue weighted by molar-refractivity contribution is 0.393. The van der Waals surface area contributed by atoms with Crippen molar-refractivity contribution in [3.63, 3.8) is 0 Å². The molecule has 0 fully saturated rings. The molecular formula is C16H16N2O2. The van der Waals surface area contributed by atoms with Gasteiger partial charge in [-0.05, 0) is 29.3 Å². The Bertz CT molecular complexity index is 625. The minimum Gasteiger partial charge on any atom is -0.497 e. The summed E-state index contributed by atoms with van der Waals surface area (Å²) in [6.45, 7) is 0. The first-order valence-electron chi connectivity index (χ1n) is 6.16. The predicted molar refractivity (Wildman–Crippen MR) is 77.9 cm³/mol. The number of nitrogens with two attached hydrogens (primary N) is 1. The highest BCUT2D eigenvalue weighted by Gasteiger charge is 2.17. The third-order valence-corrected chi connectivity index (χ3v) is 3.14. The third-order valence-electron chi connectivity index (χ3n) is 3.14. The Labute approximate surface area is 118 Å². The summed E-state index contributed by atoms with van der Waals surface area (Å²) in [4.78, 5) is 0. The molecule has 2 N–H and O–H groups in total. The van der Waals surface area contributed by atoms with Crippen LogP contribution >= 0.6 is 0 Å². The molecule has 4 heteroatoms. The van der Waals surface area contributed by atoms with Crippen molar-refractivity contribution >= 4 is 5.69 Å². The van der Waals surface area contributed by atoms with Gasteiger partial charge in [-0.3, -0.25) is 0 Å². The lowest BCUT2D eigenvalue weighted by atomic mass is 9.91. The van der Waals surface area contributed by atoms with Crippen molar-refractivity contribution in [2.24, 2.45) is 0 Å². The van der Waals surface area contributed by atoms with Crippen molar-refractivity contribution < 1.29 is 9.47 Å². The molecule has 0 aliphatic carbocycles. The molecule has 0 aromatic heterocycles. The van der Waals surface area contributed by atoms with Crippen LogP contribution in [0.25, 0.3) is 0 Å². The van der Waals surface area contributed by atoms with E-state index in [1.807, 2.05) is 30.3 Å². The van der Waals surface area contributed by atoms with Gasteiger partial charge in [-0.2, -0.15) is 5.26 Å². The van der Waals surface area contributed by atoms with Crippen LogP contribution in [0.5, 0.6) is 11.5 Å². The lowest BCUT2D eigenvalue weighted by Gasteiger charge is -2.15. The van der Waals surface area contributed by atoms with Gasteiger partial charge in [0.15, 0.2) is 0 Å². The van der Waals surface area contributed by atoms with Crippen molar-refractivity contribution in [2.75, 3.05) is 20.0 Å². The number of hydrogen-bond acceptors (Lipinski definition) is 4. The molecule has 0 bridgehead atoms. The fraction of sp³-hybridized carbons (Fsp3) is 0.188. The molecular weight excluding hydrogens is 252 g/mol. The monoisotopic (exact) mass is 268 g/mol. The van der Waals surface area contributed by atoms with Gasteiger partial charge in [-0.25, -0.2) is 0 Å². The van der Waals surface area contributed by atoms with Gasteiger partial charge < -0.3 is 15.2 Å². The summed E-state index contributed by atoms with van der Waals surface area (Å²) in [5, 5.41) is 9.50. The van der Waals surface area contributed by atoms with Crippen LogP contribution in [-0.2, 0) is 0 Å². The van der Waals surface area contributed by atoms with Crippen LogP contribution in [0, 0.1) is 11.3 Å². The highest BCUT2D eigenvalue weighted by molar-refractivity contribution is 5.55. The molecule has 0 spiro atoms. The van der Waals surface area contributed by atoms with Gasteiger partial charge in [0.25, 0.3) is 0 Å². The van der Waals surface area contributed by atoms with E-state index in [4.69, 9.17) is 15.2 Å². The first kappa shape index (κ1) is 13.8. The number of nitriles is 1. The van der Waals surface area contributed by atoms with Crippen molar-refractivity contribution in [1.29, 1.82) is 5.26 Å². The van der Waals surface area contributed by atoms with Gasteiger partial charge in [-0.15, -0.1) is 0 Å². The predicted octanol–water partition coefficient (Wildman–Crippen LogP) is 2.94. The Kier molecular flexibility index (Phi) is 4.11. The number of benzene rings is 2. The summed E-state index contributed by atoms with van der Waals surface area (Å²) in [5.41, 5.74) is 8.14. The average molecular weight is 268 g/mol. The maximum Gasteiger partial charge on any atom is 0.122 e. The average Bonchev–Trinajstić information content (AvgIpc) is 2.49. The fourth-order valence-electron chi connectivity index (χ4n) is 2.09. The lowest BCUT2D eigenvalue weighted by Crippen LogP contribution is -2.03. The number of ether oxygens (including phenoxy) is 2. The van der Waals surface area contributed by atoms with Crippen LogP contribution in [0.15, 0.2) is 42.5 Å². The SMILES string of the molecule is COc1cc(OC)cc(C(C#N)c2ccccc2N)c1. The van der Waals surface area contributed by atoms with Gasteiger partial charge in [0, 0.05) is 11.8 Å². The van der Waals surface area contributed by atoms with Gasteiger partial charge in [0.2, 0.25) is 0 Å². The standard InChI is InChI=1S/C16H16N2O2/c1-19-12-7-11(8-13(9-12)20-2)15(10-17)14-5-3-4-6-16(14)18/h3-9,15H,18H2,1-2H3. The number of hydrogen-bond donors (Lipinski definition) is 1. The minimum absolute atomic E-state index is 0.458. The van der Waals surface area contributed by atoms with Crippen LogP contribution in [0.3, 0.4) is 0 Å². The Balaban J connectivity index is 2.53. The maximum absolute atomic E-state index is 9.50. The second kappa shape index (κ2) is 5.98. The van der Waals surface area contributed by atoms with Gasteiger partial charge in [0.1, 0.15) is 11.5 Å². The molecule has 0 aliphatic rings. The Hall–Kier alpha value is -2.67. The molecule has 20 heavy (non-hydrogen) atoms. The maximum atomic E-state index is 9.50. The molecule has 1 unspecified atom stereocenters. The number of nitrogens with zero attached hydrogens (tertiary/aromatic N) is 1. The third kappa shape index (κ3) is 2.67. The molecule has 4 nitrogen and oxygen atoms in total. The topological polar surface area (TPSA) is 68.3 Å². The molecule has 2 rings (SSSR count). The molecule has 2 aromatic carbocycles. The minimum atomic E-state index is -0.458. The largest absolute Gasteiger partial charge is 0.497 e. The normalized spacial score (nSPS) is 11.4. The highest BCUT2D eigenvalue weighted by Crippen LogP contribution is 2.33. The van der Waals surface area contributed by atoms with Crippen LogP contribution < -0.4 is 15.2 Å². The summed E-state index contributed by atoms with van der Waals surface area (Å²) in [7, 11) is 3.16. The number of nitrogen functional groups attached to an aromatic ring is 1. The zero-order chi connectivity index (χ0) is 14.5. The smallest absolute Gasteiger partial charge is 0.122 e. The first-order valence-corrected chi connectivity index (χ1v) is 6.16. The van der Waals surface area contributed by atoms with Crippen LogP contribution in [0.1, 0.15) is 17.0 Å². The molecule has 0 aliphatic heterocycles. The van der Waals surface area contributed by atoms with Crippen molar-refractivity contribution in [2.45, 2.75) is 5.92 Å². The summed E-state index contributed by atoms with van der Waals surface area (Å²) in [6, 6.07) is 15.1. The molecule has 102 valence electrons. The van der Waals surface area contributed by atoms with E-state index in [9.17, 15) is 5.26 Å². The number of methoxy groups -OCH3 is 2. The number of rotatable bonds is 4. The van der Waals surface area contributed by atoms with Crippen molar-refractivity contribution in [3.05, 3.63) is 53.6 Å². The second-order valence-corrected chi connectivity index (χ2v) is 4.34. The Morgan fingerprint density at radius 2 is 1.65 bits per heavy atom. The van der Waals surface area contributed by atoms with Crippen LogP contribution in [0.2, 0.25) is 0 Å². The van der Waals surface area contributed by atoms with E-state index in [-0.39, 0.29) is 0 Å². The van der Waals surface area contributed by atoms with Crippen molar-refractivity contribution in [1.82, 2.24) is 0 Å². The van der Waals surface area contributed by atoms with E-state index < -0.39 is 5.92 Å². The fourth-order valence-corrected chi connectivity index (χ4v) is 2.09. The molecule has 1 atom stereocenters. The summed E-state index contributed by atoms with van der Waals surface area (Å²) < 4.78 is 10.5. The molecule has 0 amide bonds. The first-order chi connectivity index (χ1) is 9.69. The Morgan fingerprint density at radius 1 is 1.05 bits per heavy atom. The molecule has 0 saturated heterocycles. The van der Waals surface area contributed by atoms with Gasteiger partial charge >= 0.3 is 0 Å². The quantitative estimate of drug-likeness (QED) is 0.866. The van der Waals surface area contributed by atoms with Crippen LogP contribution in [0.4, 0.5) is 5.69 Å². The van der Waals surface area contributed by atoms with E-state index in [2.05, 4.69) is 6.07 Å². The van der Waals surface area contributed by atoms with E-state index in [1.54, 1.807) is 26.4 Å². The number of para-hydroxylation sites is 1. The second-order valence-electron chi connectivity index (χ2n) is 4.34. The highest BCUT2D eigenvalue weighted by atomic mass is 16.5. The molecule has 0 saturated carbocycles. The number of anilines is 1. The summed E-state index contributed by atoms with van der Waals surface area (Å²) in [6.07, 6.45) is 0. The van der Waals surface area contributed by atoms with Crippen molar-refractivity contribution in [3.8, 4) is 17.6 Å². The molecule has 2 aromatic rings. The van der Waals surface area contributed by atoms with Crippen LogP contribution in [-0.4, -0.2) is 14.2 Å². The van der Waals surface area contributed by atoms with E-state index in [0.29, 0.717) is 17.2 Å². The van der Waals surface area contributed by atoms with Gasteiger partial charge in [-0.1, -0.05) is 18.2 Å². The molecule has 0 heterocycles. The van der Waals surface area contributed by atoms with E-state index >= 15 is 0 Å². The summed E-state index contributed by atoms with van der Waals surface area (Å²) in [5.74, 6) is 0.836. The molecule has 0 radical (unpaired) electrons. The van der Waals surface area contributed by atoms with E-state index in [0.717, 1.165) is 11.1 Å².